The topological polar surface area (TPSA) is 74.7 Å². The molecular weight excluding hydrogens is 470 g/mol. The van der Waals surface area contributed by atoms with E-state index in [2.05, 4.69) is 13.8 Å². The van der Waals surface area contributed by atoms with Gasteiger partial charge in [0.05, 0.1) is 10.9 Å². The first-order valence-corrected chi connectivity index (χ1v) is 12.9. The number of halogens is 1. The summed E-state index contributed by atoms with van der Waals surface area (Å²) < 4.78 is 27.4. The van der Waals surface area contributed by atoms with Gasteiger partial charge in [0, 0.05) is 11.6 Å². The van der Waals surface area contributed by atoms with Crippen molar-refractivity contribution in [3.8, 4) is 0 Å². The van der Waals surface area contributed by atoms with Crippen molar-refractivity contribution in [3.63, 3.8) is 0 Å². The van der Waals surface area contributed by atoms with Gasteiger partial charge in [0.1, 0.15) is 4.91 Å². The fourth-order valence-corrected chi connectivity index (χ4v) is 5.87. The molecule has 1 heterocycles. The van der Waals surface area contributed by atoms with E-state index in [0.717, 1.165) is 16.7 Å². The predicted molar refractivity (Wildman–Crippen MR) is 133 cm³/mol. The number of aryl methyl sites for hydroxylation is 1. The molecule has 1 N–H and O–H groups in total. The van der Waals surface area contributed by atoms with E-state index in [9.17, 15) is 18.3 Å². The number of aliphatic hydroxyl groups is 1. The van der Waals surface area contributed by atoms with Gasteiger partial charge in [0.2, 0.25) is 9.84 Å². The van der Waals surface area contributed by atoms with Crippen LogP contribution in [0.15, 0.2) is 88.4 Å². The van der Waals surface area contributed by atoms with Crippen LogP contribution in [0.5, 0.6) is 0 Å². The molecule has 0 saturated heterocycles. The van der Waals surface area contributed by atoms with Gasteiger partial charge in [-0.05, 0) is 53.8 Å². The number of hydrogen-bond donors (Lipinski definition) is 1. The first-order valence-electron chi connectivity index (χ1n) is 11.0. The largest absolute Gasteiger partial charge is 0.502 e. The molecule has 0 fully saturated rings. The molecule has 0 radical (unpaired) electrons. The standard InChI is InChI=1S/C27H26ClNO4S/c1-17(2)20-8-10-21(11-9-20)24-26(34(32,33)23-14-4-18(3)5-15-23)25(30)27(31)29(24)16-19-6-12-22(28)13-7-19/h4-15,17,24,30H,16H2,1-3H3/t24-/m1/s1. The number of amides is 1. The molecule has 0 bridgehead atoms. The van der Waals surface area contributed by atoms with Crippen molar-refractivity contribution in [2.24, 2.45) is 0 Å². The van der Waals surface area contributed by atoms with Crippen molar-refractivity contribution in [3.05, 3.63) is 111 Å². The number of sulfone groups is 1. The van der Waals surface area contributed by atoms with Crippen molar-refractivity contribution < 1.29 is 18.3 Å². The molecule has 1 amide bonds. The van der Waals surface area contributed by atoms with Gasteiger partial charge in [-0.25, -0.2) is 8.42 Å². The van der Waals surface area contributed by atoms with Crippen molar-refractivity contribution in [1.29, 1.82) is 0 Å². The summed E-state index contributed by atoms with van der Waals surface area (Å²) in [5, 5.41) is 11.4. The maximum absolute atomic E-state index is 13.7. The Balaban J connectivity index is 1.84. The van der Waals surface area contributed by atoms with Crippen LogP contribution in [0.3, 0.4) is 0 Å². The summed E-state index contributed by atoms with van der Waals surface area (Å²) in [6, 6.07) is 19.9. The van der Waals surface area contributed by atoms with Crippen LogP contribution >= 0.6 is 11.6 Å². The van der Waals surface area contributed by atoms with Crippen LogP contribution in [0.4, 0.5) is 0 Å². The van der Waals surface area contributed by atoms with Gasteiger partial charge in [0.15, 0.2) is 5.76 Å². The van der Waals surface area contributed by atoms with Gasteiger partial charge >= 0.3 is 0 Å². The molecule has 0 aromatic heterocycles. The van der Waals surface area contributed by atoms with Gasteiger partial charge < -0.3 is 10.0 Å². The average molecular weight is 496 g/mol. The highest BCUT2D eigenvalue weighted by molar-refractivity contribution is 7.95. The lowest BCUT2D eigenvalue weighted by atomic mass is 9.98. The van der Waals surface area contributed by atoms with E-state index < -0.39 is 27.5 Å². The lowest BCUT2D eigenvalue weighted by Crippen LogP contribution is -2.30. The average Bonchev–Trinajstić information content (AvgIpc) is 3.06. The molecule has 0 saturated carbocycles. The molecule has 1 aliphatic rings. The van der Waals surface area contributed by atoms with Crippen molar-refractivity contribution >= 4 is 27.3 Å². The number of hydrogen-bond acceptors (Lipinski definition) is 4. The van der Waals surface area contributed by atoms with E-state index in [1.807, 2.05) is 31.2 Å². The normalized spacial score (nSPS) is 16.6. The van der Waals surface area contributed by atoms with Crippen molar-refractivity contribution in [2.45, 2.75) is 44.2 Å². The highest BCUT2D eigenvalue weighted by Gasteiger charge is 2.46. The Hall–Kier alpha value is -3.09. The third-order valence-electron chi connectivity index (χ3n) is 6.06. The Kier molecular flexibility index (Phi) is 6.56. The minimum Gasteiger partial charge on any atom is -0.502 e. The van der Waals surface area contributed by atoms with Crippen molar-refractivity contribution in [1.82, 2.24) is 4.90 Å². The Labute approximate surface area is 205 Å². The summed E-state index contributed by atoms with van der Waals surface area (Å²) in [5.41, 5.74) is 3.38. The first kappa shape index (κ1) is 24.0. The molecule has 1 aliphatic heterocycles. The van der Waals surface area contributed by atoms with E-state index in [0.29, 0.717) is 16.5 Å². The summed E-state index contributed by atoms with van der Waals surface area (Å²) in [4.78, 5) is 14.3. The van der Waals surface area contributed by atoms with Crippen LogP contribution in [0.25, 0.3) is 0 Å². The molecule has 34 heavy (non-hydrogen) atoms. The van der Waals surface area contributed by atoms with Crippen LogP contribution in [0, 0.1) is 6.92 Å². The molecule has 0 aliphatic carbocycles. The maximum Gasteiger partial charge on any atom is 0.290 e. The zero-order valence-corrected chi connectivity index (χ0v) is 20.8. The number of nitrogens with zero attached hydrogens (tertiary/aromatic N) is 1. The molecule has 5 nitrogen and oxygen atoms in total. The van der Waals surface area contributed by atoms with Crippen LogP contribution in [-0.4, -0.2) is 24.3 Å². The highest BCUT2D eigenvalue weighted by Crippen LogP contribution is 2.43. The third-order valence-corrected chi connectivity index (χ3v) is 8.20. The fourth-order valence-electron chi connectivity index (χ4n) is 4.09. The van der Waals surface area contributed by atoms with Gasteiger partial charge in [0.25, 0.3) is 5.91 Å². The summed E-state index contributed by atoms with van der Waals surface area (Å²) in [5.74, 6) is -1.17. The minimum absolute atomic E-state index is 0.0320. The Morgan fingerprint density at radius 2 is 1.53 bits per heavy atom. The second-order valence-electron chi connectivity index (χ2n) is 8.81. The molecule has 0 unspecified atom stereocenters. The summed E-state index contributed by atoms with van der Waals surface area (Å²) in [6.07, 6.45) is 0. The Bertz CT molecular complexity index is 1340. The van der Waals surface area contributed by atoms with E-state index in [1.165, 1.54) is 17.0 Å². The number of aliphatic hydroxyl groups excluding tert-OH is 1. The molecule has 7 heteroatoms. The summed E-state index contributed by atoms with van der Waals surface area (Å²) >= 11 is 6.00. The molecule has 176 valence electrons. The fraction of sp³-hybridized carbons (Fsp3) is 0.222. The zero-order valence-electron chi connectivity index (χ0n) is 19.2. The number of carbonyl (C=O) groups is 1. The van der Waals surface area contributed by atoms with Crippen LogP contribution < -0.4 is 0 Å². The van der Waals surface area contributed by atoms with Gasteiger partial charge in [-0.1, -0.05) is 79.5 Å². The van der Waals surface area contributed by atoms with Crippen LogP contribution in [-0.2, 0) is 21.2 Å². The number of benzene rings is 3. The summed E-state index contributed by atoms with van der Waals surface area (Å²) in [7, 11) is -4.15. The SMILES string of the molecule is Cc1ccc(S(=O)(=O)C2=C(O)C(=O)N(Cc3ccc(Cl)cc3)[C@@H]2c2ccc(C(C)C)cc2)cc1. The highest BCUT2D eigenvalue weighted by atomic mass is 35.5. The second-order valence-corrected chi connectivity index (χ2v) is 11.2. The van der Waals surface area contributed by atoms with E-state index >= 15 is 0 Å². The Morgan fingerprint density at radius 3 is 2.09 bits per heavy atom. The maximum atomic E-state index is 13.7. The minimum atomic E-state index is -4.15. The van der Waals surface area contributed by atoms with E-state index in [1.54, 1.807) is 36.4 Å². The molecule has 3 aromatic carbocycles. The lowest BCUT2D eigenvalue weighted by Gasteiger charge is -2.27. The summed E-state index contributed by atoms with van der Waals surface area (Å²) in [6.45, 7) is 6.11. The van der Waals surface area contributed by atoms with Gasteiger partial charge in [-0.15, -0.1) is 0 Å². The molecule has 4 rings (SSSR count). The molecule has 3 aromatic rings. The zero-order chi connectivity index (χ0) is 24.6. The third kappa shape index (κ3) is 4.48. The van der Waals surface area contributed by atoms with Crippen molar-refractivity contribution in [2.75, 3.05) is 0 Å². The molecular formula is C27H26ClNO4S. The monoisotopic (exact) mass is 495 g/mol. The molecule has 0 spiro atoms. The van der Waals surface area contributed by atoms with Crippen LogP contribution in [0.2, 0.25) is 5.02 Å². The molecule has 1 atom stereocenters. The Morgan fingerprint density at radius 1 is 0.941 bits per heavy atom. The van der Waals surface area contributed by atoms with Crippen LogP contribution in [0.1, 0.15) is 48.1 Å². The first-order chi connectivity index (χ1) is 16.1. The predicted octanol–water partition coefficient (Wildman–Crippen LogP) is 6.10. The quantitative estimate of drug-likeness (QED) is 0.448. The number of carbonyl (C=O) groups excluding carboxylic acids is 1. The van der Waals surface area contributed by atoms with Gasteiger partial charge in [-0.3, -0.25) is 4.79 Å². The van der Waals surface area contributed by atoms with E-state index in [-0.39, 0.29) is 16.3 Å². The van der Waals surface area contributed by atoms with Gasteiger partial charge in [-0.2, -0.15) is 0 Å². The van der Waals surface area contributed by atoms with E-state index in [4.69, 9.17) is 11.6 Å². The lowest BCUT2D eigenvalue weighted by molar-refractivity contribution is -0.130. The smallest absolute Gasteiger partial charge is 0.290 e. The number of rotatable bonds is 6. The second kappa shape index (κ2) is 9.28.